The largest absolute Gasteiger partial charge is 0.480 e. The van der Waals surface area contributed by atoms with E-state index in [-0.39, 0.29) is 13.0 Å². The zero-order valence-corrected chi connectivity index (χ0v) is 26.2. The molecule has 0 fully saturated rings. The minimum Gasteiger partial charge on any atom is -0.480 e. The second-order valence-electron chi connectivity index (χ2n) is 12.0. The Morgan fingerprint density at radius 3 is 2.04 bits per heavy atom. The van der Waals surface area contributed by atoms with Gasteiger partial charge in [0.1, 0.15) is 30.3 Å². The lowest BCUT2D eigenvalue weighted by atomic mass is 9.97. The average Bonchev–Trinajstić information content (AvgIpc) is 2.97. The fourth-order valence-electron chi connectivity index (χ4n) is 4.61. The van der Waals surface area contributed by atoms with Gasteiger partial charge in [0.05, 0.1) is 6.42 Å². The number of ether oxygens (including phenoxy) is 2. The van der Waals surface area contributed by atoms with Gasteiger partial charge in [0.2, 0.25) is 11.8 Å². The minimum atomic E-state index is -1.47. The molecule has 0 radical (unpaired) electrons. The molecule has 240 valence electrons. The Kier molecular flexibility index (Phi) is 12.1. The lowest BCUT2D eigenvalue weighted by Crippen LogP contribution is -2.57. The van der Waals surface area contributed by atoms with Crippen molar-refractivity contribution in [3.05, 3.63) is 83.9 Å². The Hall–Kier alpha value is -4.93. The van der Waals surface area contributed by atoms with E-state index in [2.05, 4.69) is 16.0 Å². The zero-order valence-electron chi connectivity index (χ0n) is 26.2. The van der Waals surface area contributed by atoms with Crippen LogP contribution in [0.3, 0.4) is 0 Å². The zero-order chi connectivity index (χ0) is 33.1. The number of alkyl carbamates (subject to hydrolysis) is 1. The number of carboxylic acid groups (broad SMARTS) is 1. The number of esters is 1. The van der Waals surface area contributed by atoms with Crippen LogP contribution in [0.5, 0.6) is 0 Å². The number of fused-ring (bicyclic) bond motifs is 1. The van der Waals surface area contributed by atoms with E-state index in [0.717, 1.165) is 16.3 Å². The molecule has 11 nitrogen and oxygen atoms in total. The van der Waals surface area contributed by atoms with Crippen molar-refractivity contribution >= 4 is 40.6 Å². The van der Waals surface area contributed by atoms with E-state index < -0.39 is 65.9 Å². The highest BCUT2D eigenvalue weighted by molar-refractivity contribution is 5.95. The maximum absolute atomic E-state index is 13.7. The first kappa shape index (κ1) is 34.6. The van der Waals surface area contributed by atoms with Crippen LogP contribution in [0.2, 0.25) is 0 Å². The van der Waals surface area contributed by atoms with Gasteiger partial charge in [0.25, 0.3) is 0 Å². The summed E-state index contributed by atoms with van der Waals surface area (Å²) in [6, 6.07) is 18.0. The Morgan fingerprint density at radius 2 is 1.40 bits per heavy atom. The number of benzene rings is 3. The van der Waals surface area contributed by atoms with Crippen LogP contribution in [0.15, 0.2) is 72.8 Å². The molecule has 0 bridgehead atoms. The van der Waals surface area contributed by atoms with Crippen molar-refractivity contribution in [2.45, 2.75) is 77.8 Å². The summed E-state index contributed by atoms with van der Waals surface area (Å²) < 4.78 is 10.6. The third kappa shape index (κ3) is 10.9. The molecule has 45 heavy (non-hydrogen) atoms. The van der Waals surface area contributed by atoms with E-state index in [1.807, 2.05) is 48.5 Å². The van der Waals surface area contributed by atoms with E-state index >= 15 is 0 Å². The molecule has 0 aromatic heterocycles. The van der Waals surface area contributed by atoms with Crippen LogP contribution in [0, 0.1) is 5.92 Å². The lowest BCUT2D eigenvalue weighted by molar-refractivity contribution is -0.156. The number of rotatable bonds is 13. The third-order valence-electron chi connectivity index (χ3n) is 6.78. The van der Waals surface area contributed by atoms with Gasteiger partial charge in [-0.3, -0.25) is 14.4 Å². The van der Waals surface area contributed by atoms with E-state index in [0.29, 0.717) is 5.56 Å². The molecule has 3 rings (SSSR count). The van der Waals surface area contributed by atoms with Gasteiger partial charge in [0.15, 0.2) is 0 Å². The van der Waals surface area contributed by atoms with Crippen LogP contribution in [-0.2, 0) is 41.7 Å². The van der Waals surface area contributed by atoms with E-state index in [9.17, 15) is 29.1 Å². The predicted octanol–water partition coefficient (Wildman–Crippen LogP) is 4.12. The summed E-state index contributed by atoms with van der Waals surface area (Å²) in [6.07, 6.45) is -1.50. The highest BCUT2D eigenvalue weighted by atomic mass is 16.6. The van der Waals surface area contributed by atoms with Gasteiger partial charge >= 0.3 is 18.0 Å². The van der Waals surface area contributed by atoms with Crippen LogP contribution >= 0.6 is 0 Å². The molecule has 3 unspecified atom stereocenters. The summed E-state index contributed by atoms with van der Waals surface area (Å²) >= 11 is 0. The predicted molar refractivity (Wildman–Crippen MR) is 168 cm³/mol. The normalized spacial score (nSPS) is 13.3. The van der Waals surface area contributed by atoms with E-state index in [4.69, 9.17) is 9.47 Å². The molecule has 0 spiro atoms. The number of carboxylic acids is 1. The second-order valence-corrected chi connectivity index (χ2v) is 12.0. The molecular weight excluding hydrogens is 578 g/mol. The Bertz CT molecular complexity index is 1490. The van der Waals surface area contributed by atoms with Crippen LogP contribution in [0.25, 0.3) is 10.8 Å². The molecule has 0 saturated heterocycles. The lowest BCUT2D eigenvalue weighted by Gasteiger charge is -2.26. The van der Waals surface area contributed by atoms with Crippen molar-refractivity contribution in [1.82, 2.24) is 16.0 Å². The molecule has 0 aliphatic rings. The fourth-order valence-corrected chi connectivity index (χ4v) is 4.61. The van der Waals surface area contributed by atoms with Gasteiger partial charge in [-0.1, -0.05) is 86.6 Å². The standard InChI is InChI=1S/C34H41N3O8/c1-21(2)29(32(41)42)37-31(40)26(18-24-16-11-15-23-14-9-10-17-25(23)24)35-30(39)27(19-28(38)45-34(3,4)5)36-33(43)44-20-22-12-7-6-8-13-22/h6-17,21,26-27,29H,18-20H2,1-5H3,(H,35,39)(H,36,43)(H,37,40)(H,41,42). The molecule has 11 heteroatoms. The molecule has 3 aromatic rings. The number of hydrogen-bond donors (Lipinski definition) is 4. The summed E-state index contributed by atoms with van der Waals surface area (Å²) in [6.45, 7) is 8.22. The maximum Gasteiger partial charge on any atom is 0.408 e. The Balaban J connectivity index is 1.88. The number of nitrogens with one attached hydrogen (secondary N) is 3. The first-order valence-corrected chi connectivity index (χ1v) is 14.7. The van der Waals surface area contributed by atoms with Crippen LogP contribution < -0.4 is 16.0 Å². The number of carbonyl (C=O) groups is 5. The highest BCUT2D eigenvalue weighted by Crippen LogP contribution is 2.20. The molecule has 0 saturated carbocycles. The highest BCUT2D eigenvalue weighted by Gasteiger charge is 2.33. The average molecular weight is 620 g/mol. The van der Waals surface area contributed by atoms with Crippen molar-refractivity contribution < 1.29 is 38.6 Å². The van der Waals surface area contributed by atoms with Crippen LogP contribution in [0.1, 0.15) is 52.2 Å². The number of carbonyl (C=O) groups excluding carboxylic acids is 4. The van der Waals surface area contributed by atoms with Crippen molar-refractivity contribution in [1.29, 1.82) is 0 Å². The van der Waals surface area contributed by atoms with Gasteiger partial charge < -0.3 is 30.5 Å². The van der Waals surface area contributed by atoms with Gasteiger partial charge in [-0.25, -0.2) is 9.59 Å². The fraction of sp³-hybridized carbons (Fsp3) is 0.382. The quantitative estimate of drug-likeness (QED) is 0.208. The molecule has 0 aliphatic heterocycles. The van der Waals surface area contributed by atoms with Crippen LogP contribution in [-0.4, -0.2) is 58.7 Å². The number of amides is 3. The molecule has 3 atom stereocenters. The van der Waals surface area contributed by atoms with Crippen molar-refractivity contribution in [3.63, 3.8) is 0 Å². The molecule has 0 heterocycles. The van der Waals surface area contributed by atoms with E-state index in [1.165, 1.54) is 0 Å². The first-order chi connectivity index (χ1) is 21.2. The summed E-state index contributed by atoms with van der Waals surface area (Å²) in [4.78, 5) is 64.6. The molecule has 3 amide bonds. The minimum absolute atomic E-state index is 0.000964. The first-order valence-electron chi connectivity index (χ1n) is 14.7. The van der Waals surface area contributed by atoms with Crippen molar-refractivity contribution in [3.8, 4) is 0 Å². The summed E-state index contributed by atoms with van der Waals surface area (Å²) in [5.74, 6) is -4.01. The molecule has 3 aromatic carbocycles. The summed E-state index contributed by atoms with van der Waals surface area (Å²) in [5.41, 5.74) is 0.584. The van der Waals surface area contributed by atoms with Gasteiger partial charge in [0, 0.05) is 6.42 Å². The molecular formula is C34H41N3O8. The summed E-state index contributed by atoms with van der Waals surface area (Å²) in [5, 5.41) is 19.0. The number of hydrogen-bond acceptors (Lipinski definition) is 7. The van der Waals surface area contributed by atoms with Gasteiger partial charge in [-0.05, 0) is 48.6 Å². The van der Waals surface area contributed by atoms with E-state index in [1.54, 1.807) is 58.9 Å². The van der Waals surface area contributed by atoms with Gasteiger partial charge in [-0.2, -0.15) is 0 Å². The number of aliphatic carboxylic acids is 1. The topological polar surface area (TPSA) is 160 Å². The third-order valence-corrected chi connectivity index (χ3v) is 6.78. The monoisotopic (exact) mass is 619 g/mol. The van der Waals surface area contributed by atoms with Crippen molar-refractivity contribution in [2.75, 3.05) is 0 Å². The Labute approximate surface area is 262 Å². The second kappa shape index (κ2) is 15.7. The van der Waals surface area contributed by atoms with Gasteiger partial charge in [-0.15, -0.1) is 0 Å². The molecule has 4 N–H and O–H groups in total. The summed E-state index contributed by atoms with van der Waals surface area (Å²) in [7, 11) is 0. The Morgan fingerprint density at radius 1 is 0.778 bits per heavy atom. The molecule has 0 aliphatic carbocycles. The smallest absolute Gasteiger partial charge is 0.408 e. The van der Waals surface area contributed by atoms with Crippen molar-refractivity contribution in [2.24, 2.45) is 5.92 Å². The van der Waals surface area contributed by atoms with Crippen LogP contribution in [0.4, 0.5) is 4.79 Å². The maximum atomic E-state index is 13.7. The SMILES string of the molecule is CC(C)C(NC(=O)C(Cc1cccc2ccccc12)NC(=O)C(CC(=O)OC(C)(C)C)NC(=O)OCc1ccccc1)C(=O)O.